The number of fused-ring (bicyclic) bond motifs is 3. The van der Waals surface area contributed by atoms with Gasteiger partial charge in [-0.15, -0.1) is 0 Å². The number of carbonyl (C=O) groups excluding carboxylic acids is 1. The van der Waals surface area contributed by atoms with Crippen LogP contribution in [0.2, 0.25) is 0 Å². The van der Waals surface area contributed by atoms with Crippen LogP contribution in [0.15, 0.2) is 70.0 Å². The third-order valence-electron chi connectivity index (χ3n) is 7.39. The van der Waals surface area contributed by atoms with Gasteiger partial charge in [0.25, 0.3) is 5.56 Å². The highest BCUT2D eigenvalue weighted by molar-refractivity contribution is 14.1. The van der Waals surface area contributed by atoms with Gasteiger partial charge in [0.2, 0.25) is 0 Å². The highest BCUT2D eigenvalue weighted by atomic mass is 127. The molecule has 0 bridgehead atoms. The van der Waals surface area contributed by atoms with Crippen LogP contribution in [-0.2, 0) is 11.2 Å². The lowest BCUT2D eigenvalue weighted by Gasteiger charge is -2.31. The molecule has 0 amide bonds. The van der Waals surface area contributed by atoms with Crippen molar-refractivity contribution in [1.29, 1.82) is 0 Å². The molecule has 214 valence electrons. The number of aryl methyl sites for hydroxylation is 1. The van der Waals surface area contributed by atoms with Crippen molar-refractivity contribution in [3.05, 3.63) is 106 Å². The number of halogens is 1. The van der Waals surface area contributed by atoms with Crippen LogP contribution in [-0.4, -0.2) is 31.9 Å². The number of allylic oxidation sites excluding steroid dienone is 1. The first-order chi connectivity index (χ1) is 20.3. The van der Waals surface area contributed by atoms with Crippen molar-refractivity contribution in [2.75, 3.05) is 21.3 Å². The fourth-order valence-electron chi connectivity index (χ4n) is 5.56. The van der Waals surface area contributed by atoms with Gasteiger partial charge >= 0.3 is 5.97 Å². The monoisotopic (exact) mass is 694 g/mol. The minimum atomic E-state index is -0.437. The molecule has 1 atom stereocenters. The Morgan fingerprint density at radius 2 is 1.76 bits per heavy atom. The first kappa shape index (κ1) is 28.2. The number of rotatable bonds is 6. The van der Waals surface area contributed by atoms with Crippen LogP contribution in [0.3, 0.4) is 0 Å². The molecular weight excluding hydrogens is 667 g/mol. The lowest BCUT2D eigenvalue weighted by Crippen LogP contribution is -2.38. The number of aromatic nitrogens is 1. The Morgan fingerprint density at radius 1 is 1.00 bits per heavy atom. The lowest BCUT2D eigenvalue weighted by atomic mass is 9.83. The van der Waals surface area contributed by atoms with E-state index in [2.05, 4.69) is 40.8 Å². The number of nitrogens with zero attached hydrogens (tertiary/aromatic N) is 2. The maximum atomic E-state index is 14.2. The van der Waals surface area contributed by atoms with Gasteiger partial charge in [-0.05, 0) is 88.0 Å². The summed E-state index contributed by atoms with van der Waals surface area (Å²) < 4.78 is 25.0. The third kappa shape index (κ3) is 4.92. The van der Waals surface area contributed by atoms with Gasteiger partial charge in [0.15, 0.2) is 27.8 Å². The summed E-state index contributed by atoms with van der Waals surface area (Å²) in [6, 6.07) is 17.4. The van der Waals surface area contributed by atoms with Crippen LogP contribution >= 0.6 is 33.9 Å². The molecule has 0 saturated heterocycles. The molecule has 10 heteroatoms. The number of hydrogen-bond donors (Lipinski definition) is 0. The molecule has 8 nitrogen and oxygen atoms in total. The molecule has 3 aromatic carbocycles. The minimum Gasteiger partial charge on any atom is -0.493 e. The second-order valence-corrected chi connectivity index (χ2v) is 12.0. The Labute approximate surface area is 259 Å². The lowest BCUT2D eigenvalue weighted by molar-refractivity contribution is -0.132. The summed E-state index contributed by atoms with van der Waals surface area (Å²) in [5.41, 5.74) is 5.90. The minimum absolute atomic E-state index is 0.137. The molecule has 4 aromatic rings. The second-order valence-electron chi connectivity index (χ2n) is 9.86. The predicted molar refractivity (Wildman–Crippen MR) is 169 cm³/mol. The average Bonchev–Trinajstić information content (AvgIpc) is 3.30. The van der Waals surface area contributed by atoms with Gasteiger partial charge in [0, 0.05) is 12.5 Å². The van der Waals surface area contributed by atoms with E-state index < -0.39 is 5.97 Å². The van der Waals surface area contributed by atoms with E-state index in [1.54, 1.807) is 24.9 Å². The summed E-state index contributed by atoms with van der Waals surface area (Å²) >= 11 is 3.44. The average molecular weight is 695 g/mol. The smallest absolute Gasteiger partial charge is 0.308 e. The van der Waals surface area contributed by atoms with Gasteiger partial charge in [0.05, 0.1) is 41.2 Å². The normalized spacial score (nSPS) is 15.7. The topological polar surface area (TPSA) is 88.4 Å². The summed E-state index contributed by atoms with van der Waals surface area (Å²) in [5, 5.41) is 0. The number of thiazole rings is 1. The maximum Gasteiger partial charge on any atom is 0.308 e. The van der Waals surface area contributed by atoms with Crippen molar-refractivity contribution < 1.29 is 23.7 Å². The summed E-state index contributed by atoms with van der Waals surface area (Å²) in [4.78, 5) is 31.5. The predicted octanol–water partition coefficient (Wildman–Crippen LogP) is 4.87. The summed E-state index contributed by atoms with van der Waals surface area (Å²) in [6.07, 6.45) is 3.48. The van der Waals surface area contributed by atoms with E-state index in [9.17, 15) is 9.59 Å². The largest absolute Gasteiger partial charge is 0.493 e. The maximum absolute atomic E-state index is 14.2. The number of carbonyl (C=O) groups is 1. The number of ether oxygens (including phenoxy) is 4. The molecule has 2 aliphatic rings. The molecule has 0 spiro atoms. The van der Waals surface area contributed by atoms with Crippen LogP contribution in [0.1, 0.15) is 41.6 Å². The Bertz CT molecular complexity index is 1960. The standard InChI is InChI=1S/C32H27IN2O6S/c1-17(36)41-30-23(33)13-18(14-26(30)40-4)15-27-31(37)35-29(20-10-12-24(38-2)25(16-20)39-3)22-11-9-19-7-5-6-8-21(19)28(22)34-32(35)42-27/h5-8,10,12-16,29H,9,11H2,1-4H3/b27-15+/t29-/m1/s1. The summed E-state index contributed by atoms with van der Waals surface area (Å²) in [7, 11) is 4.73. The molecule has 0 fully saturated rings. The summed E-state index contributed by atoms with van der Waals surface area (Å²) in [5.74, 6) is 1.54. The van der Waals surface area contributed by atoms with Crippen LogP contribution in [0.4, 0.5) is 0 Å². The van der Waals surface area contributed by atoms with Crippen molar-refractivity contribution in [1.82, 2.24) is 4.57 Å². The number of esters is 1. The second kappa shape index (κ2) is 11.4. The Kier molecular flexibility index (Phi) is 7.67. The first-order valence-electron chi connectivity index (χ1n) is 13.2. The zero-order chi connectivity index (χ0) is 29.5. The number of methoxy groups -OCH3 is 3. The summed E-state index contributed by atoms with van der Waals surface area (Å²) in [6.45, 7) is 1.34. The van der Waals surface area contributed by atoms with E-state index in [-0.39, 0.29) is 11.6 Å². The fraction of sp³-hybridized carbons (Fsp3) is 0.219. The molecule has 0 saturated carbocycles. The highest BCUT2D eigenvalue weighted by Crippen LogP contribution is 2.43. The molecule has 2 heterocycles. The van der Waals surface area contributed by atoms with E-state index in [1.807, 2.05) is 36.4 Å². The molecular formula is C32H27IN2O6S. The van der Waals surface area contributed by atoms with E-state index in [1.165, 1.54) is 30.9 Å². The Morgan fingerprint density at radius 3 is 2.50 bits per heavy atom. The van der Waals surface area contributed by atoms with E-state index in [0.717, 1.165) is 40.8 Å². The quantitative estimate of drug-likeness (QED) is 0.163. The zero-order valence-corrected chi connectivity index (χ0v) is 26.4. The van der Waals surface area contributed by atoms with Crippen molar-refractivity contribution >= 4 is 51.7 Å². The molecule has 0 unspecified atom stereocenters. The van der Waals surface area contributed by atoms with Crippen molar-refractivity contribution in [3.63, 3.8) is 0 Å². The van der Waals surface area contributed by atoms with Crippen LogP contribution < -0.4 is 33.8 Å². The van der Waals surface area contributed by atoms with Crippen molar-refractivity contribution in [2.24, 2.45) is 4.99 Å². The molecule has 42 heavy (non-hydrogen) atoms. The zero-order valence-electron chi connectivity index (χ0n) is 23.4. The van der Waals surface area contributed by atoms with Gasteiger partial charge in [-0.1, -0.05) is 41.7 Å². The van der Waals surface area contributed by atoms with Crippen LogP contribution in [0, 0.1) is 3.57 Å². The van der Waals surface area contributed by atoms with Crippen LogP contribution in [0.25, 0.3) is 11.8 Å². The molecule has 1 aromatic heterocycles. The molecule has 0 radical (unpaired) electrons. The van der Waals surface area contributed by atoms with Crippen LogP contribution in [0.5, 0.6) is 23.0 Å². The van der Waals surface area contributed by atoms with Crippen molar-refractivity contribution in [2.45, 2.75) is 25.8 Å². The van der Waals surface area contributed by atoms with E-state index in [4.69, 9.17) is 23.9 Å². The van der Waals surface area contributed by atoms with Gasteiger partial charge in [-0.2, -0.15) is 0 Å². The number of benzene rings is 3. The van der Waals surface area contributed by atoms with Gasteiger partial charge in [-0.3, -0.25) is 14.2 Å². The fourth-order valence-corrected chi connectivity index (χ4v) is 7.30. The SMILES string of the molecule is COc1ccc([C@@H]2C3=C(N=c4s/c(=C/c5cc(I)c(OC(C)=O)c(OC)c5)c(=O)n42)c2ccccc2CC3)cc1OC. The van der Waals surface area contributed by atoms with Gasteiger partial charge in [-0.25, -0.2) is 4.99 Å². The van der Waals surface area contributed by atoms with Gasteiger partial charge in [0.1, 0.15) is 0 Å². The Balaban J connectivity index is 1.57. The third-order valence-corrected chi connectivity index (χ3v) is 9.18. The highest BCUT2D eigenvalue weighted by Gasteiger charge is 2.33. The molecule has 1 aliphatic carbocycles. The molecule has 0 N–H and O–H groups in total. The van der Waals surface area contributed by atoms with E-state index in [0.29, 0.717) is 35.9 Å². The van der Waals surface area contributed by atoms with Crippen molar-refractivity contribution in [3.8, 4) is 23.0 Å². The molecule has 6 rings (SSSR count). The first-order valence-corrected chi connectivity index (χ1v) is 15.1. The van der Waals surface area contributed by atoms with E-state index >= 15 is 0 Å². The molecule has 1 aliphatic heterocycles. The number of hydrogen-bond acceptors (Lipinski definition) is 8. The van der Waals surface area contributed by atoms with Gasteiger partial charge < -0.3 is 18.9 Å². The Hall–Kier alpha value is -3.90.